The molecule has 48 heavy (non-hydrogen) atoms. The van der Waals surface area contributed by atoms with Gasteiger partial charge in [0.25, 0.3) is 0 Å². The fourth-order valence-corrected chi connectivity index (χ4v) is 5.70. The van der Waals surface area contributed by atoms with Gasteiger partial charge in [-0.2, -0.15) is 13.2 Å². The highest BCUT2D eigenvalue weighted by Gasteiger charge is 2.30. The lowest BCUT2D eigenvalue weighted by molar-refractivity contribution is -0.137. The highest BCUT2D eigenvalue weighted by Crippen LogP contribution is 2.37. The van der Waals surface area contributed by atoms with Crippen LogP contribution in [-0.4, -0.2) is 71.8 Å². The van der Waals surface area contributed by atoms with Gasteiger partial charge in [0.2, 0.25) is 0 Å². The molecule has 0 unspecified atom stereocenters. The summed E-state index contributed by atoms with van der Waals surface area (Å²) in [6.45, 7) is 18.8. The zero-order valence-electron chi connectivity index (χ0n) is 29.1. The van der Waals surface area contributed by atoms with Gasteiger partial charge in [-0.05, 0) is 87.9 Å². The zero-order chi connectivity index (χ0) is 34.5. The standard InChI is InChI=1S/C38H51F3N4O3/c1-6-11-23-45-34-27-33(46-24-13-21-43(7-2)8-3)28-35(47-25-14-22-44(9-4)10-5)36(34)42-37(45)29-17-19-31(20-18-29)48-32-16-12-15-30(26-32)38(39,40)41/h12,15-20,26-28H,6-11,13-14,21-25H2,1-5H3. The summed E-state index contributed by atoms with van der Waals surface area (Å²) in [5.41, 5.74) is 1.85. The second-order valence-electron chi connectivity index (χ2n) is 11.8. The molecule has 4 rings (SSSR count). The average Bonchev–Trinajstić information content (AvgIpc) is 3.46. The van der Waals surface area contributed by atoms with Gasteiger partial charge in [0.1, 0.15) is 28.6 Å². The van der Waals surface area contributed by atoms with Gasteiger partial charge in [-0.3, -0.25) is 0 Å². The van der Waals surface area contributed by atoms with Crippen LogP contribution >= 0.6 is 0 Å². The van der Waals surface area contributed by atoms with Crippen LogP contribution in [-0.2, 0) is 12.7 Å². The number of alkyl halides is 3. The van der Waals surface area contributed by atoms with Crippen LogP contribution in [0.1, 0.15) is 65.9 Å². The lowest BCUT2D eigenvalue weighted by Crippen LogP contribution is -2.25. The first-order chi connectivity index (χ1) is 23.2. The molecule has 0 aliphatic heterocycles. The number of halogens is 3. The fraction of sp³-hybridized carbons (Fsp3) is 0.500. The molecule has 0 saturated heterocycles. The van der Waals surface area contributed by atoms with Crippen LogP contribution in [0.3, 0.4) is 0 Å². The van der Waals surface area contributed by atoms with E-state index in [9.17, 15) is 13.2 Å². The first-order valence-corrected chi connectivity index (χ1v) is 17.4. The number of hydrogen-bond donors (Lipinski definition) is 0. The van der Waals surface area contributed by atoms with Gasteiger partial charge >= 0.3 is 6.18 Å². The van der Waals surface area contributed by atoms with E-state index in [0.29, 0.717) is 24.7 Å². The lowest BCUT2D eigenvalue weighted by Gasteiger charge is -2.18. The van der Waals surface area contributed by atoms with Crippen molar-refractivity contribution in [1.29, 1.82) is 0 Å². The van der Waals surface area contributed by atoms with E-state index in [1.165, 1.54) is 12.1 Å². The van der Waals surface area contributed by atoms with Crippen molar-refractivity contribution in [3.63, 3.8) is 0 Å². The van der Waals surface area contributed by atoms with Crippen molar-refractivity contribution in [3.8, 4) is 34.4 Å². The van der Waals surface area contributed by atoms with E-state index in [-0.39, 0.29) is 5.75 Å². The number of aromatic nitrogens is 2. The first-order valence-electron chi connectivity index (χ1n) is 17.4. The van der Waals surface area contributed by atoms with Crippen molar-refractivity contribution in [2.45, 2.75) is 73.0 Å². The average molecular weight is 669 g/mol. The summed E-state index contributed by atoms with van der Waals surface area (Å²) < 4.78 is 60.4. The number of hydrogen-bond acceptors (Lipinski definition) is 6. The molecule has 7 nitrogen and oxygen atoms in total. The van der Waals surface area contributed by atoms with Crippen LogP contribution in [0.15, 0.2) is 60.7 Å². The monoisotopic (exact) mass is 668 g/mol. The molecule has 0 bridgehead atoms. The molecule has 0 amide bonds. The third-order valence-electron chi connectivity index (χ3n) is 8.59. The summed E-state index contributed by atoms with van der Waals surface area (Å²) in [4.78, 5) is 9.89. The molecule has 1 heterocycles. The summed E-state index contributed by atoms with van der Waals surface area (Å²) in [5.74, 6) is 2.81. The van der Waals surface area contributed by atoms with Gasteiger partial charge in [-0.1, -0.05) is 47.1 Å². The number of rotatable bonds is 20. The van der Waals surface area contributed by atoms with Crippen molar-refractivity contribution < 1.29 is 27.4 Å². The minimum atomic E-state index is -4.44. The Kier molecular flexibility index (Phi) is 14.0. The Morgan fingerprint density at radius 2 is 1.35 bits per heavy atom. The van der Waals surface area contributed by atoms with Crippen molar-refractivity contribution >= 4 is 11.0 Å². The van der Waals surface area contributed by atoms with Gasteiger partial charge in [0, 0.05) is 37.3 Å². The van der Waals surface area contributed by atoms with E-state index in [4.69, 9.17) is 19.2 Å². The molecule has 0 fully saturated rings. The van der Waals surface area contributed by atoms with Gasteiger partial charge in [0.15, 0.2) is 5.75 Å². The molecular weight excluding hydrogens is 617 g/mol. The van der Waals surface area contributed by atoms with Crippen LogP contribution in [0.25, 0.3) is 22.4 Å². The quantitative estimate of drug-likeness (QED) is 0.0875. The Labute approximate surface area is 283 Å². The summed E-state index contributed by atoms with van der Waals surface area (Å²) in [5, 5.41) is 0. The van der Waals surface area contributed by atoms with Crippen molar-refractivity contribution in [3.05, 3.63) is 66.2 Å². The maximum Gasteiger partial charge on any atom is 0.416 e. The number of imidazole rings is 1. The minimum absolute atomic E-state index is 0.125. The Hall–Kier alpha value is -3.76. The predicted molar refractivity (Wildman–Crippen MR) is 187 cm³/mol. The third kappa shape index (κ3) is 10.1. The normalized spacial score (nSPS) is 12.0. The first kappa shape index (κ1) is 37.1. The largest absolute Gasteiger partial charge is 0.493 e. The maximum absolute atomic E-state index is 13.2. The second-order valence-corrected chi connectivity index (χ2v) is 11.8. The molecule has 3 aromatic carbocycles. The van der Waals surface area contributed by atoms with Gasteiger partial charge in [0.05, 0.1) is 24.3 Å². The third-order valence-corrected chi connectivity index (χ3v) is 8.59. The Balaban J connectivity index is 1.64. The molecule has 0 aliphatic carbocycles. The van der Waals surface area contributed by atoms with E-state index in [0.717, 1.165) is 112 Å². The number of aryl methyl sites for hydroxylation is 1. The molecule has 0 radical (unpaired) electrons. The topological polar surface area (TPSA) is 52.0 Å². The van der Waals surface area contributed by atoms with E-state index in [1.807, 2.05) is 18.2 Å². The highest BCUT2D eigenvalue weighted by atomic mass is 19.4. The molecular formula is C38H51F3N4O3. The summed E-state index contributed by atoms with van der Waals surface area (Å²) in [6.07, 6.45) is -0.641. The smallest absolute Gasteiger partial charge is 0.416 e. The maximum atomic E-state index is 13.2. The Bertz CT molecular complexity index is 1550. The van der Waals surface area contributed by atoms with E-state index >= 15 is 0 Å². The molecule has 10 heteroatoms. The fourth-order valence-electron chi connectivity index (χ4n) is 5.70. The summed E-state index contributed by atoms with van der Waals surface area (Å²) in [6, 6.07) is 16.2. The predicted octanol–water partition coefficient (Wildman–Crippen LogP) is 9.54. The number of benzene rings is 3. The second kappa shape index (κ2) is 18.1. The zero-order valence-corrected chi connectivity index (χ0v) is 29.1. The van der Waals surface area contributed by atoms with Gasteiger partial charge in [-0.25, -0.2) is 4.98 Å². The van der Waals surface area contributed by atoms with Crippen LogP contribution in [0, 0.1) is 0 Å². The number of fused-ring (bicyclic) bond motifs is 1. The molecule has 0 atom stereocenters. The van der Waals surface area contributed by atoms with Crippen molar-refractivity contribution in [2.24, 2.45) is 0 Å². The number of unbranched alkanes of at least 4 members (excludes halogenated alkanes) is 1. The molecule has 0 spiro atoms. The van der Waals surface area contributed by atoms with Crippen molar-refractivity contribution in [1.82, 2.24) is 19.4 Å². The van der Waals surface area contributed by atoms with Gasteiger partial charge < -0.3 is 28.6 Å². The number of ether oxygens (including phenoxy) is 3. The van der Waals surface area contributed by atoms with Crippen LogP contribution in [0.2, 0.25) is 0 Å². The van der Waals surface area contributed by atoms with E-state index in [1.54, 1.807) is 12.1 Å². The minimum Gasteiger partial charge on any atom is -0.493 e. The molecule has 262 valence electrons. The Morgan fingerprint density at radius 3 is 1.96 bits per heavy atom. The molecule has 4 aromatic rings. The molecule has 0 aliphatic rings. The molecule has 0 N–H and O–H groups in total. The van der Waals surface area contributed by atoms with Crippen LogP contribution in [0.4, 0.5) is 13.2 Å². The van der Waals surface area contributed by atoms with Crippen LogP contribution < -0.4 is 14.2 Å². The Morgan fingerprint density at radius 1 is 0.708 bits per heavy atom. The summed E-state index contributed by atoms with van der Waals surface area (Å²) >= 11 is 0. The number of nitrogens with zero attached hydrogens (tertiary/aromatic N) is 4. The lowest BCUT2D eigenvalue weighted by atomic mass is 10.2. The van der Waals surface area contributed by atoms with Gasteiger partial charge in [-0.15, -0.1) is 0 Å². The van der Waals surface area contributed by atoms with E-state index < -0.39 is 11.7 Å². The molecule has 1 aromatic heterocycles. The highest BCUT2D eigenvalue weighted by molar-refractivity contribution is 5.87. The SMILES string of the molecule is CCCCn1c(-c2ccc(Oc3cccc(C(F)(F)F)c3)cc2)nc2c(OCCCN(CC)CC)cc(OCCCN(CC)CC)cc21. The summed E-state index contributed by atoms with van der Waals surface area (Å²) in [7, 11) is 0. The van der Waals surface area contributed by atoms with Crippen molar-refractivity contribution in [2.75, 3.05) is 52.5 Å². The molecule has 0 saturated carbocycles. The van der Waals surface area contributed by atoms with E-state index in [2.05, 4.69) is 55.1 Å². The van der Waals surface area contributed by atoms with Crippen LogP contribution in [0.5, 0.6) is 23.0 Å².